The highest BCUT2D eigenvalue weighted by Gasteiger charge is 2.09. The quantitative estimate of drug-likeness (QED) is 0.570. The summed E-state index contributed by atoms with van der Waals surface area (Å²) < 4.78 is 11.4. The molecule has 0 bridgehead atoms. The summed E-state index contributed by atoms with van der Waals surface area (Å²) in [5, 5.41) is 8.25. The molecule has 0 aromatic carbocycles. The largest absolute Gasteiger partial charge is 0.480 e. The lowest BCUT2D eigenvalue weighted by Gasteiger charge is -2.02. The van der Waals surface area contributed by atoms with Crippen LogP contribution in [0.2, 0.25) is 0 Å². The minimum Gasteiger partial charge on any atom is -0.480 e. The van der Waals surface area contributed by atoms with E-state index in [-0.39, 0.29) is 5.75 Å². The number of hydrogen-bond donors (Lipinski definition) is 2. The summed E-state index contributed by atoms with van der Waals surface area (Å²) in [7, 11) is 0. The van der Waals surface area contributed by atoms with Gasteiger partial charge in [-0.05, 0) is 0 Å². The van der Waals surface area contributed by atoms with Crippen molar-refractivity contribution in [3.05, 3.63) is 0 Å². The summed E-state index contributed by atoms with van der Waals surface area (Å²) in [6.45, 7) is -0.434. The van der Waals surface area contributed by atoms with Gasteiger partial charge >= 0.3 is 5.97 Å². The van der Waals surface area contributed by atoms with Gasteiger partial charge in [-0.15, -0.1) is 0 Å². The average Bonchev–Trinajstić information content (AvgIpc) is 1.88. The molecular formula is C5H10FNO2S. The summed E-state index contributed by atoms with van der Waals surface area (Å²) >= 11 is 1.21. The monoisotopic (exact) mass is 167 g/mol. The fourth-order valence-electron chi connectivity index (χ4n) is 0.336. The van der Waals surface area contributed by atoms with Gasteiger partial charge in [-0.2, -0.15) is 11.8 Å². The van der Waals surface area contributed by atoms with Crippen molar-refractivity contribution in [1.82, 2.24) is 0 Å². The van der Waals surface area contributed by atoms with Gasteiger partial charge < -0.3 is 10.8 Å². The molecule has 5 heteroatoms. The number of rotatable bonds is 5. The number of carboxylic acid groups (broad SMARTS) is 1. The summed E-state index contributed by atoms with van der Waals surface area (Å²) in [6, 6.07) is -0.864. The summed E-state index contributed by atoms with van der Waals surface area (Å²) in [5.74, 6) is -0.438. The van der Waals surface area contributed by atoms with Crippen LogP contribution in [-0.4, -0.2) is 35.3 Å². The maximum atomic E-state index is 11.4. The second kappa shape index (κ2) is 5.49. The molecule has 0 aliphatic heterocycles. The molecule has 0 amide bonds. The maximum absolute atomic E-state index is 11.4. The van der Waals surface area contributed by atoms with Crippen LogP contribution >= 0.6 is 11.8 Å². The molecule has 0 heterocycles. The first-order valence-corrected chi connectivity index (χ1v) is 3.96. The number of hydrogen-bond acceptors (Lipinski definition) is 3. The molecule has 3 N–H and O–H groups in total. The Morgan fingerprint density at radius 2 is 2.40 bits per heavy atom. The molecular weight excluding hydrogens is 157 g/mol. The third-order valence-electron chi connectivity index (χ3n) is 0.836. The maximum Gasteiger partial charge on any atom is 0.321 e. The summed E-state index contributed by atoms with van der Waals surface area (Å²) in [6.07, 6.45) is 0. The molecule has 0 rings (SSSR count). The van der Waals surface area contributed by atoms with Crippen LogP contribution in [0.5, 0.6) is 0 Å². The summed E-state index contributed by atoms with van der Waals surface area (Å²) in [4.78, 5) is 10.1. The van der Waals surface area contributed by atoms with Crippen molar-refractivity contribution in [2.75, 3.05) is 18.2 Å². The van der Waals surface area contributed by atoms with Crippen LogP contribution in [-0.2, 0) is 4.79 Å². The average molecular weight is 167 g/mol. The van der Waals surface area contributed by atoms with Gasteiger partial charge in [0.05, 0.1) is 6.67 Å². The van der Waals surface area contributed by atoms with E-state index in [4.69, 9.17) is 10.8 Å². The molecule has 0 radical (unpaired) electrons. The third-order valence-corrected chi connectivity index (χ3v) is 1.87. The molecule has 0 aromatic rings. The second-order valence-electron chi connectivity index (χ2n) is 1.71. The molecule has 0 saturated carbocycles. The number of carbonyl (C=O) groups is 1. The van der Waals surface area contributed by atoms with E-state index < -0.39 is 18.7 Å². The zero-order valence-corrected chi connectivity index (χ0v) is 6.23. The lowest BCUT2D eigenvalue weighted by molar-refractivity contribution is -0.137. The van der Waals surface area contributed by atoms with Crippen molar-refractivity contribution in [3.8, 4) is 0 Å². The first-order chi connectivity index (χ1) is 4.68. The van der Waals surface area contributed by atoms with Crippen molar-refractivity contribution in [3.63, 3.8) is 0 Å². The highest BCUT2D eigenvalue weighted by Crippen LogP contribution is 2.00. The molecule has 10 heavy (non-hydrogen) atoms. The van der Waals surface area contributed by atoms with E-state index in [1.807, 2.05) is 0 Å². The zero-order valence-electron chi connectivity index (χ0n) is 5.42. The molecule has 0 aromatic heterocycles. The first kappa shape index (κ1) is 9.71. The van der Waals surface area contributed by atoms with E-state index in [1.165, 1.54) is 11.8 Å². The topological polar surface area (TPSA) is 63.3 Å². The van der Waals surface area contributed by atoms with Crippen molar-refractivity contribution >= 4 is 17.7 Å². The normalized spacial score (nSPS) is 13.0. The van der Waals surface area contributed by atoms with Crippen LogP contribution in [0.25, 0.3) is 0 Å². The number of nitrogens with two attached hydrogens (primary N) is 1. The molecule has 1 atom stereocenters. The SMILES string of the molecule is N[C@@H](CSCCF)C(=O)O. The fraction of sp³-hybridized carbons (Fsp3) is 0.800. The van der Waals surface area contributed by atoms with E-state index in [1.54, 1.807) is 0 Å². The van der Waals surface area contributed by atoms with E-state index in [0.717, 1.165) is 0 Å². The van der Waals surface area contributed by atoms with Crippen molar-refractivity contribution in [2.24, 2.45) is 5.73 Å². The third kappa shape index (κ3) is 4.58. The highest BCUT2D eigenvalue weighted by molar-refractivity contribution is 7.99. The van der Waals surface area contributed by atoms with Gasteiger partial charge in [-0.1, -0.05) is 0 Å². The predicted molar refractivity (Wildman–Crippen MR) is 38.9 cm³/mol. The molecule has 0 aliphatic carbocycles. The highest BCUT2D eigenvalue weighted by atomic mass is 32.2. The van der Waals surface area contributed by atoms with Crippen molar-refractivity contribution in [1.29, 1.82) is 0 Å². The standard InChI is InChI=1S/C5H10FNO2S/c6-1-2-10-3-4(7)5(8)9/h4H,1-3,7H2,(H,8,9)/t4-/m0/s1. The fourth-order valence-corrected chi connectivity index (χ4v) is 1.01. The minimum atomic E-state index is -1.04. The zero-order chi connectivity index (χ0) is 7.98. The Morgan fingerprint density at radius 1 is 1.80 bits per heavy atom. The molecule has 0 aliphatic rings. The summed E-state index contributed by atoms with van der Waals surface area (Å²) in [5.41, 5.74) is 5.11. The number of thioether (sulfide) groups is 1. The number of aliphatic carboxylic acids is 1. The number of alkyl halides is 1. The number of halogens is 1. The second-order valence-corrected chi connectivity index (χ2v) is 2.86. The first-order valence-electron chi connectivity index (χ1n) is 2.80. The van der Waals surface area contributed by atoms with Gasteiger partial charge in [0, 0.05) is 11.5 Å². The van der Waals surface area contributed by atoms with Crippen molar-refractivity contribution < 1.29 is 14.3 Å². The molecule has 0 spiro atoms. The van der Waals surface area contributed by atoms with E-state index in [2.05, 4.69) is 0 Å². The molecule has 0 unspecified atom stereocenters. The van der Waals surface area contributed by atoms with E-state index in [0.29, 0.717) is 5.75 Å². The molecule has 0 fully saturated rings. The van der Waals surface area contributed by atoms with Crippen LogP contribution in [0.4, 0.5) is 4.39 Å². The van der Waals surface area contributed by atoms with Crippen LogP contribution in [0, 0.1) is 0 Å². The van der Waals surface area contributed by atoms with Crippen LogP contribution in [0.3, 0.4) is 0 Å². The Morgan fingerprint density at radius 3 is 2.80 bits per heavy atom. The number of carboxylic acids is 1. The lowest BCUT2D eigenvalue weighted by atomic mass is 10.4. The molecule has 3 nitrogen and oxygen atoms in total. The van der Waals surface area contributed by atoms with Crippen LogP contribution in [0.1, 0.15) is 0 Å². The van der Waals surface area contributed by atoms with Crippen molar-refractivity contribution in [2.45, 2.75) is 6.04 Å². The Kier molecular flexibility index (Phi) is 5.33. The van der Waals surface area contributed by atoms with Gasteiger partial charge in [-0.3, -0.25) is 9.18 Å². The smallest absolute Gasteiger partial charge is 0.321 e. The Balaban J connectivity index is 3.21. The van der Waals surface area contributed by atoms with Crippen LogP contribution < -0.4 is 5.73 Å². The molecule has 60 valence electrons. The molecule has 0 saturated heterocycles. The van der Waals surface area contributed by atoms with Gasteiger partial charge in [0.25, 0.3) is 0 Å². The van der Waals surface area contributed by atoms with E-state index >= 15 is 0 Å². The Hall–Kier alpha value is -0.290. The Labute approximate surface area is 62.8 Å². The predicted octanol–water partition coefficient (Wildman–Crippen LogP) is 0.101. The Bertz CT molecular complexity index is 112. The van der Waals surface area contributed by atoms with Crippen LogP contribution in [0.15, 0.2) is 0 Å². The minimum absolute atomic E-state index is 0.277. The van der Waals surface area contributed by atoms with Gasteiger partial charge in [-0.25, -0.2) is 0 Å². The van der Waals surface area contributed by atoms with Gasteiger partial charge in [0.15, 0.2) is 0 Å². The van der Waals surface area contributed by atoms with Gasteiger partial charge in [0.2, 0.25) is 0 Å². The van der Waals surface area contributed by atoms with E-state index in [9.17, 15) is 9.18 Å². The van der Waals surface area contributed by atoms with Gasteiger partial charge in [0.1, 0.15) is 6.04 Å². The lowest BCUT2D eigenvalue weighted by Crippen LogP contribution is -2.32.